The topological polar surface area (TPSA) is 29.3 Å². The van der Waals surface area contributed by atoms with Crippen LogP contribution in [0.2, 0.25) is 0 Å². The molecule has 0 amide bonds. The fourth-order valence-electron chi connectivity index (χ4n) is 2.09. The van der Waals surface area contributed by atoms with Gasteiger partial charge in [-0.1, -0.05) is 0 Å². The second-order valence-corrected chi connectivity index (χ2v) is 3.79. The third kappa shape index (κ3) is 1.13. The molecule has 1 heterocycles. The molecule has 2 rings (SSSR count). The van der Waals surface area contributed by atoms with Crippen LogP contribution in [0.25, 0.3) is 0 Å². The van der Waals surface area contributed by atoms with Crippen molar-refractivity contribution < 1.29 is 8.78 Å². The van der Waals surface area contributed by atoms with Gasteiger partial charge in [-0.05, 0) is 19.5 Å². The zero-order valence-corrected chi connectivity index (χ0v) is 6.97. The largest absolute Gasteiger partial charge is 0.330 e. The molecule has 0 aromatic carbocycles. The molecule has 2 fully saturated rings. The average molecular weight is 176 g/mol. The van der Waals surface area contributed by atoms with Gasteiger partial charge in [0.05, 0.1) is 0 Å². The summed E-state index contributed by atoms with van der Waals surface area (Å²) in [5.74, 6) is -3.01. The third-order valence-electron chi connectivity index (χ3n) is 2.95. The van der Waals surface area contributed by atoms with Gasteiger partial charge in [0.2, 0.25) is 0 Å². The monoisotopic (exact) mass is 176 g/mol. The highest BCUT2D eigenvalue weighted by Gasteiger charge is 2.71. The third-order valence-corrected chi connectivity index (χ3v) is 2.95. The lowest BCUT2D eigenvalue weighted by atomic mass is 10.3. The summed E-state index contributed by atoms with van der Waals surface area (Å²) in [6.45, 7) is 2.71. The number of hydrogen-bond donors (Lipinski definition) is 1. The molecule has 2 N–H and O–H groups in total. The molecule has 1 aliphatic heterocycles. The summed E-state index contributed by atoms with van der Waals surface area (Å²) in [6, 6.07) is 0. The molecular formula is C8H14F2N2. The van der Waals surface area contributed by atoms with Gasteiger partial charge in [0.25, 0.3) is 5.92 Å². The van der Waals surface area contributed by atoms with E-state index in [2.05, 4.69) is 4.90 Å². The Morgan fingerprint density at radius 2 is 1.92 bits per heavy atom. The smallest absolute Gasteiger partial charge is 0.257 e. The maximum absolute atomic E-state index is 12.7. The number of likely N-dealkylation sites (tertiary alicyclic amines) is 1. The number of alkyl halides is 2. The molecule has 70 valence electrons. The maximum Gasteiger partial charge on any atom is 0.257 e. The molecule has 2 aliphatic rings. The lowest BCUT2D eigenvalue weighted by Crippen LogP contribution is -2.29. The average Bonchev–Trinajstić information content (AvgIpc) is 2.51. The second kappa shape index (κ2) is 2.64. The van der Waals surface area contributed by atoms with Crippen molar-refractivity contribution in [2.45, 2.75) is 12.3 Å². The van der Waals surface area contributed by atoms with Crippen LogP contribution in [0.5, 0.6) is 0 Å². The molecule has 4 heteroatoms. The van der Waals surface area contributed by atoms with Gasteiger partial charge in [0.15, 0.2) is 0 Å². The zero-order chi connectivity index (χ0) is 8.77. The highest BCUT2D eigenvalue weighted by molar-refractivity contribution is 5.11. The highest BCUT2D eigenvalue weighted by atomic mass is 19.3. The number of nitrogens with two attached hydrogens (primary N) is 1. The maximum atomic E-state index is 12.7. The van der Waals surface area contributed by atoms with Crippen molar-refractivity contribution in [1.82, 2.24) is 4.90 Å². The van der Waals surface area contributed by atoms with Gasteiger partial charge in [0.1, 0.15) is 0 Å². The number of halogens is 2. The summed E-state index contributed by atoms with van der Waals surface area (Å²) in [5, 5.41) is 0. The van der Waals surface area contributed by atoms with Crippen LogP contribution in [0.15, 0.2) is 0 Å². The van der Waals surface area contributed by atoms with E-state index in [1.165, 1.54) is 0 Å². The summed E-state index contributed by atoms with van der Waals surface area (Å²) in [7, 11) is 0. The SMILES string of the molecule is NCCCN1CC2C(C1)C2(F)F. The quantitative estimate of drug-likeness (QED) is 0.679. The van der Waals surface area contributed by atoms with Crippen molar-refractivity contribution in [3.8, 4) is 0 Å². The number of piperidine rings is 1. The van der Waals surface area contributed by atoms with Crippen LogP contribution < -0.4 is 5.73 Å². The summed E-state index contributed by atoms with van der Waals surface area (Å²) < 4.78 is 25.4. The number of hydrogen-bond acceptors (Lipinski definition) is 2. The first-order valence-electron chi connectivity index (χ1n) is 4.46. The molecule has 2 atom stereocenters. The lowest BCUT2D eigenvalue weighted by Gasteiger charge is -2.18. The second-order valence-electron chi connectivity index (χ2n) is 3.79. The van der Waals surface area contributed by atoms with Gasteiger partial charge < -0.3 is 10.6 Å². The molecule has 0 bridgehead atoms. The molecule has 0 radical (unpaired) electrons. The van der Waals surface area contributed by atoms with Gasteiger partial charge in [0, 0.05) is 24.9 Å². The number of rotatable bonds is 3. The summed E-state index contributed by atoms with van der Waals surface area (Å²) in [4.78, 5) is 2.10. The Labute approximate surface area is 70.7 Å². The minimum atomic E-state index is -2.33. The Kier molecular flexibility index (Phi) is 1.84. The van der Waals surface area contributed by atoms with E-state index in [0.717, 1.165) is 13.0 Å². The minimum Gasteiger partial charge on any atom is -0.330 e. The van der Waals surface area contributed by atoms with Gasteiger partial charge in [-0.3, -0.25) is 0 Å². The van der Waals surface area contributed by atoms with Crippen LogP contribution in [0.4, 0.5) is 8.78 Å². The molecule has 2 nitrogen and oxygen atoms in total. The van der Waals surface area contributed by atoms with E-state index in [1.807, 2.05) is 0 Å². The van der Waals surface area contributed by atoms with E-state index in [9.17, 15) is 8.78 Å². The standard InChI is InChI=1S/C8H14F2N2/c9-8(10)6-4-12(3-1-2-11)5-7(6)8/h6-7H,1-5,11H2. The number of nitrogens with zero attached hydrogens (tertiary/aromatic N) is 1. The molecule has 0 spiro atoms. The van der Waals surface area contributed by atoms with Crippen molar-refractivity contribution in [3.05, 3.63) is 0 Å². The van der Waals surface area contributed by atoms with E-state index >= 15 is 0 Å². The molecule has 2 unspecified atom stereocenters. The van der Waals surface area contributed by atoms with Gasteiger partial charge in [-0.2, -0.15) is 0 Å². The molecule has 1 aliphatic carbocycles. The first kappa shape index (κ1) is 8.38. The molecule has 1 saturated heterocycles. The first-order chi connectivity index (χ1) is 5.66. The fraction of sp³-hybridized carbons (Fsp3) is 1.00. The minimum absolute atomic E-state index is 0.338. The van der Waals surface area contributed by atoms with Crippen molar-refractivity contribution >= 4 is 0 Å². The van der Waals surface area contributed by atoms with Crippen molar-refractivity contribution in [3.63, 3.8) is 0 Å². The lowest BCUT2D eigenvalue weighted by molar-refractivity contribution is 0.0534. The van der Waals surface area contributed by atoms with E-state index in [4.69, 9.17) is 5.73 Å². The highest BCUT2D eigenvalue weighted by Crippen LogP contribution is 2.59. The van der Waals surface area contributed by atoms with Crippen LogP contribution in [-0.2, 0) is 0 Å². The van der Waals surface area contributed by atoms with E-state index < -0.39 is 5.92 Å². The van der Waals surface area contributed by atoms with Crippen molar-refractivity contribution in [2.75, 3.05) is 26.2 Å². The Morgan fingerprint density at radius 3 is 2.42 bits per heavy atom. The zero-order valence-electron chi connectivity index (χ0n) is 6.97. The van der Waals surface area contributed by atoms with E-state index in [-0.39, 0.29) is 11.8 Å². The van der Waals surface area contributed by atoms with Gasteiger partial charge >= 0.3 is 0 Å². The summed E-state index contributed by atoms with van der Waals surface area (Å²) in [6.07, 6.45) is 0.922. The van der Waals surface area contributed by atoms with Crippen LogP contribution in [0.1, 0.15) is 6.42 Å². The van der Waals surface area contributed by atoms with Crippen LogP contribution in [0.3, 0.4) is 0 Å². The normalized spacial score (nSPS) is 38.2. The van der Waals surface area contributed by atoms with E-state index in [0.29, 0.717) is 19.6 Å². The summed E-state index contributed by atoms with van der Waals surface area (Å²) >= 11 is 0. The predicted octanol–water partition coefficient (Wildman–Crippen LogP) is 0.532. The molecular weight excluding hydrogens is 162 g/mol. The van der Waals surface area contributed by atoms with Crippen LogP contribution in [0, 0.1) is 11.8 Å². The van der Waals surface area contributed by atoms with Crippen molar-refractivity contribution in [2.24, 2.45) is 17.6 Å². The molecule has 0 aromatic rings. The van der Waals surface area contributed by atoms with Crippen LogP contribution >= 0.6 is 0 Å². The van der Waals surface area contributed by atoms with Crippen LogP contribution in [-0.4, -0.2) is 37.0 Å². The van der Waals surface area contributed by atoms with Gasteiger partial charge in [-0.15, -0.1) is 0 Å². The Bertz CT molecular complexity index is 170. The van der Waals surface area contributed by atoms with Gasteiger partial charge in [-0.25, -0.2) is 8.78 Å². The molecule has 1 saturated carbocycles. The fourth-order valence-corrected chi connectivity index (χ4v) is 2.09. The van der Waals surface area contributed by atoms with Crippen molar-refractivity contribution in [1.29, 1.82) is 0 Å². The molecule has 12 heavy (non-hydrogen) atoms. The number of fused-ring (bicyclic) bond motifs is 1. The Morgan fingerprint density at radius 1 is 1.33 bits per heavy atom. The summed E-state index contributed by atoms with van der Waals surface area (Å²) in [5.41, 5.74) is 5.33. The Balaban J connectivity index is 1.75. The predicted molar refractivity (Wildman–Crippen MR) is 42.0 cm³/mol. The molecule has 0 aromatic heterocycles. The first-order valence-corrected chi connectivity index (χ1v) is 4.46. The van der Waals surface area contributed by atoms with E-state index in [1.54, 1.807) is 0 Å². The Hall–Kier alpha value is -0.220.